The van der Waals surface area contributed by atoms with Crippen LogP contribution in [0.1, 0.15) is 29.2 Å². The smallest absolute Gasteiger partial charge is 0.292 e. The Labute approximate surface area is 127 Å². The summed E-state index contributed by atoms with van der Waals surface area (Å²) in [6.07, 6.45) is 1.92. The Morgan fingerprint density at radius 3 is 2.86 bits per heavy atom. The number of nitrogens with one attached hydrogen (secondary N) is 1. The van der Waals surface area contributed by atoms with Gasteiger partial charge < -0.3 is 5.32 Å². The van der Waals surface area contributed by atoms with Crippen LogP contribution in [0.3, 0.4) is 0 Å². The Bertz CT molecular complexity index is 715. The van der Waals surface area contributed by atoms with Crippen molar-refractivity contribution in [2.24, 2.45) is 0 Å². The van der Waals surface area contributed by atoms with Crippen LogP contribution < -0.4 is 5.32 Å². The highest BCUT2D eigenvalue weighted by molar-refractivity contribution is 6.31. The highest BCUT2D eigenvalue weighted by atomic mass is 35.5. The number of aryl methyl sites for hydroxylation is 2. The summed E-state index contributed by atoms with van der Waals surface area (Å²) in [5.41, 5.74) is 4.27. The van der Waals surface area contributed by atoms with Crippen molar-refractivity contribution in [3.8, 4) is 0 Å². The van der Waals surface area contributed by atoms with Crippen molar-refractivity contribution < 1.29 is 4.92 Å². The fourth-order valence-electron chi connectivity index (χ4n) is 2.84. The number of rotatable bonds is 3. The van der Waals surface area contributed by atoms with Crippen LogP contribution in [-0.2, 0) is 6.42 Å². The highest BCUT2D eigenvalue weighted by Crippen LogP contribution is 2.37. The molecule has 0 aromatic heterocycles. The van der Waals surface area contributed by atoms with Crippen LogP contribution in [0.4, 0.5) is 11.4 Å². The quantitative estimate of drug-likeness (QED) is 0.663. The van der Waals surface area contributed by atoms with E-state index in [0.717, 1.165) is 12.8 Å². The lowest BCUT2D eigenvalue weighted by Gasteiger charge is -2.16. The molecule has 21 heavy (non-hydrogen) atoms. The summed E-state index contributed by atoms with van der Waals surface area (Å²) in [6, 6.07) is 11.1. The molecule has 0 radical (unpaired) electrons. The third-order valence-electron chi connectivity index (χ3n) is 3.86. The molecule has 0 amide bonds. The zero-order valence-electron chi connectivity index (χ0n) is 11.6. The highest BCUT2D eigenvalue weighted by Gasteiger charge is 2.25. The van der Waals surface area contributed by atoms with Crippen molar-refractivity contribution in [1.82, 2.24) is 0 Å². The van der Waals surface area contributed by atoms with Gasteiger partial charge in [-0.05, 0) is 43.0 Å². The number of anilines is 1. The third kappa shape index (κ3) is 2.72. The van der Waals surface area contributed by atoms with Gasteiger partial charge in [0.2, 0.25) is 0 Å². The predicted octanol–water partition coefficient (Wildman–Crippen LogP) is 4.66. The fourth-order valence-corrected chi connectivity index (χ4v) is 3.01. The van der Waals surface area contributed by atoms with Crippen LogP contribution in [-0.4, -0.2) is 4.92 Å². The van der Waals surface area contributed by atoms with Gasteiger partial charge in [0.25, 0.3) is 5.69 Å². The molecular weight excluding hydrogens is 288 g/mol. The number of hydrogen-bond acceptors (Lipinski definition) is 3. The van der Waals surface area contributed by atoms with Gasteiger partial charge in [-0.2, -0.15) is 0 Å². The molecule has 1 atom stereocenters. The zero-order valence-corrected chi connectivity index (χ0v) is 12.4. The Balaban J connectivity index is 1.94. The molecule has 1 N–H and O–H groups in total. The number of nitro benzene ring substituents is 1. The van der Waals surface area contributed by atoms with Crippen molar-refractivity contribution in [3.05, 3.63) is 68.2 Å². The first-order chi connectivity index (χ1) is 10.0. The van der Waals surface area contributed by atoms with E-state index in [9.17, 15) is 10.1 Å². The maximum atomic E-state index is 11.1. The van der Waals surface area contributed by atoms with E-state index in [1.54, 1.807) is 6.07 Å². The zero-order chi connectivity index (χ0) is 15.0. The molecule has 3 rings (SSSR count). The first kappa shape index (κ1) is 13.9. The van der Waals surface area contributed by atoms with Crippen molar-refractivity contribution in [3.63, 3.8) is 0 Å². The summed E-state index contributed by atoms with van der Waals surface area (Å²) in [7, 11) is 0. The van der Waals surface area contributed by atoms with Gasteiger partial charge in [-0.15, -0.1) is 0 Å². The molecule has 0 saturated heterocycles. The molecule has 0 aliphatic heterocycles. The number of hydrogen-bond donors (Lipinski definition) is 1. The van der Waals surface area contributed by atoms with Gasteiger partial charge in [0.15, 0.2) is 0 Å². The second-order valence-corrected chi connectivity index (χ2v) is 5.79. The van der Waals surface area contributed by atoms with Crippen LogP contribution in [0.25, 0.3) is 0 Å². The topological polar surface area (TPSA) is 55.2 Å². The van der Waals surface area contributed by atoms with Crippen molar-refractivity contribution in [2.45, 2.75) is 25.8 Å². The molecule has 2 aromatic rings. The largest absolute Gasteiger partial charge is 0.373 e. The normalized spacial score (nSPS) is 16.6. The molecule has 0 fully saturated rings. The Morgan fingerprint density at radius 1 is 1.29 bits per heavy atom. The molecule has 5 heteroatoms. The van der Waals surface area contributed by atoms with Crippen molar-refractivity contribution in [2.75, 3.05) is 5.32 Å². The monoisotopic (exact) mass is 302 g/mol. The second-order valence-electron chi connectivity index (χ2n) is 5.36. The Hall–Kier alpha value is -2.07. The molecule has 1 aliphatic rings. The summed E-state index contributed by atoms with van der Waals surface area (Å²) < 4.78 is 0. The van der Waals surface area contributed by atoms with E-state index in [-0.39, 0.29) is 16.7 Å². The lowest BCUT2D eigenvalue weighted by atomic mass is 10.0. The molecular formula is C16H15ClN2O2. The van der Waals surface area contributed by atoms with E-state index >= 15 is 0 Å². The number of benzene rings is 2. The molecule has 0 heterocycles. The van der Waals surface area contributed by atoms with Crippen LogP contribution >= 0.6 is 11.6 Å². The summed E-state index contributed by atoms with van der Waals surface area (Å²) in [5.74, 6) is 0. The van der Waals surface area contributed by atoms with Gasteiger partial charge in [0.05, 0.1) is 11.0 Å². The molecule has 0 bridgehead atoms. The third-order valence-corrected chi connectivity index (χ3v) is 4.10. The van der Waals surface area contributed by atoms with Crippen LogP contribution in [0.15, 0.2) is 36.4 Å². The van der Waals surface area contributed by atoms with E-state index in [0.29, 0.717) is 10.7 Å². The predicted molar refractivity (Wildman–Crippen MR) is 84.0 cm³/mol. The average Bonchev–Trinajstić information content (AvgIpc) is 2.81. The SMILES string of the molecule is Cc1ccc2c(c1)C(Nc1cc(Cl)ccc1[N+](=O)[O-])CC2. The maximum Gasteiger partial charge on any atom is 0.292 e. The van der Waals surface area contributed by atoms with Gasteiger partial charge in [0.1, 0.15) is 5.69 Å². The number of halogens is 1. The minimum Gasteiger partial charge on any atom is -0.373 e. The average molecular weight is 303 g/mol. The van der Waals surface area contributed by atoms with Gasteiger partial charge in [-0.1, -0.05) is 35.4 Å². The summed E-state index contributed by atoms with van der Waals surface area (Å²) in [4.78, 5) is 10.7. The van der Waals surface area contributed by atoms with Gasteiger partial charge >= 0.3 is 0 Å². The minimum atomic E-state index is -0.384. The molecule has 4 nitrogen and oxygen atoms in total. The van der Waals surface area contributed by atoms with Gasteiger partial charge in [0, 0.05) is 11.1 Å². The van der Waals surface area contributed by atoms with E-state index in [1.807, 2.05) is 0 Å². The van der Waals surface area contributed by atoms with E-state index < -0.39 is 0 Å². The molecule has 0 spiro atoms. The lowest BCUT2D eigenvalue weighted by molar-refractivity contribution is -0.384. The molecule has 0 saturated carbocycles. The number of fused-ring (bicyclic) bond motifs is 1. The molecule has 2 aromatic carbocycles. The Morgan fingerprint density at radius 2 is 2.10 bits per heavy atom. The van der Waals surface area contributed by atoms with Crippen LogP contribution in [0, 0.1) is 17.0 Å². The first-order valence-electron chi connectivity index (χ1n) is 6.84. The lowest BCUT2D eigenvalue weighted by Crippen LogP contribution is -2.09. The van der Waals surface area contributed by atoms with Crippen LogP contribution in [0.2, 0.25) is 5.02 Å². The maximum absolute atomic E-state index is 11.1. The molecule has 1 unspecified atom stereocenters. The van der Waals surface area contributed by atoms with E-state index in [4.69, 9.17) is 11.6 Å². The summed E-state index contributed by atoms with van der Waals surface area (Å²) >= 11 is 5.97. The summed E-state index contributed by atoms with van der Waals surface area (Å²) in [6.45, 7) is 2.05. The molecule has 108 valence electrons. The summed E-state index contributed by atoms with van der Waals surface area (Å²) in [5, 5.41) is 14.9. The molecule has 1 aliphatic carbocycles. The Kier molecular flexibility index (Phi) is 3.55. The fraction of sp³-hybridized carbons (Fsp3) is 0.250. The number of nitrogens with zero attached hydrogens (tertiary/aromatic N) is 1. The first-order valence-corrected chi connectivity index (χ1v) is 7.22. The van der Waals surface area contributed by atoms with Gasteiger partial charge in [-0.25, -0.2) is 0 Å². The van der Waals surface area contributed by atoms with Crippen LogP contribution in [0.5, 0.6) is 0 Å². The number of nitro groups is 1. The second kappa shape index (κ2) is 5.37. The van der Waals surface area contributed by atoms with Crippen molar-refractivity contribution in [1.29, 1.82) is 0 Å². The van der Waals surface area contributed by atoms with E-state index in [1.165, 1.54) is 28.8 Å². The standard InChI is InChI=1S/C16H15ClN2O2/c1-10-2-3-11-4-6-14(13(11)8-10)18-15-9-12(17)5-7-16(15)19(20)21/h2-3,5,7-9,14,18H,4,6H2,1H3. The van der Waals surface area contributed by atoms with E-state index in [2.05, 4.69) is 30.4 Å². The van der Waals surface area contributed by atoms with Crippen molar-refractivity contribution >= 4 is 23.0 Å². The van der Waals surface area contributed by atoms with Gasteiger partial charge in [-0.3, -0.25) is 10.1 Å². The minimum absolute atomic E-state index is 0.0560.